The van der Waals surface area contributed by atoms with Gasteiger partial charge in [-0.15, -0.1) is 0 Å². The normalized spacial score (nSPS) is 11.8. The number of carbonyl (C=O) groups excluding carboxylic acids is 1. The Kier molecular flexibility index (Phi) is 5.30. The van der Waals surface area contributed by atoms with E-state index in [4.69, 9.17) is 18.6 Å². The molecule has 0 aliphatic carbocycles. The van der Waals surface area contributed by atoms with Crippen molar-refractivity contribution in [3.05, 3.63) is 59.0 Å². The Labute approximate surface area is 154 Å². The lowest BCUT2D eigenvalue weighted by Crippen LogP contribution is -2.37. The van der Waals surface area contributed by atoms with Crippen LogP contribution in [0.15, 0.2) is 57.9 Å². The van der Waals surface area contributed by atoms with Gasteiger partial charge in [0.25, 0.3) is 0 Å². The van der Waals surface area contributed by atoms with Crippen LogP contribution in [0, 0.1) is 0 Å². The number of fused-ring (bicyclic) bond motifs is 1. The highest BCUT2D eigenvalue weighted by molar-refractivity contribution is 5.79. The first-order valence-corrected chi connectivity index (χ1v) is 8.32. The van der Waals surface area contributed by atoms with Crippen molar-refractivity contribution in [3.8, 4) is 23.0 Å². The first-order valence-electron chi connectivity index (χ1n) is 8.32. The Balaban J connectivity index is 1.92. The Morgan fingerprint density at radius 1 is 1.15 bits per heavy atom. The number of aliphatic carboxylic acids is 1. The maximum absolute atomic E-state index is 12.7. The summed E-state index contributed by atoms with van der Waals surface area (Å²) in [6.07, 6.45) is 0.0613. The second-order valence-corrected chi connectivity index (χ2v) is 5.65. The van der Waals surface area contributed by atoms with Gasteiger partial charge in [-0.1, -0.05) is 12.1 Å². The van der Waals surface area contributed by atoms with Crippen molar-refractivity contribution < 1.29 is 28.5 Å². The third kappa shape index (κ3) is 4.03. The van der Waals surface area contributed by atoms with E-state index in [0.717, 1.165) is 0 Å². The lowest BCUT2D eigenvalue weighted by atomic mass is 10.2. The van der Waals surface area contributed by atoms with E-state index in [1.165, 1.54) is 31.4 Å². The van der Waals surface area contributed by atoms with Crippen molar-refractivity contribution in [3.63, 3.8) is 0 Å². The second kappa shape index (κ2) is 7.82. The molecule has 0 spiro atoms. The molecule has 0 aliphatic rings. The third-order valence-corrected chi connectivity index (χ3v) is 3.73. The summed E-state index contributed by atoms with van der Waals surface area (Å²) < 4.78 is 21.8. The van der Waals surface area contributed by atoms with Crippen LogP contribution in [-0.4, -0.2) is 18.7 Å². The molecule has 0 saturated carbocycles. The zero-order valence-corrected chi connectivity index (χ0v) is 14.8. The Bertz CT molecular complexity index is 1020. The molecule has 7 heteroatoms. The Morgan fingerprint density at radius 2 is 1.89 bits per heavy atom. The summed E-state index contributed by atoms with van der Waals surface area (Å²) in [4.78, 5) is 23.5. The highest BCUT2D eigenvalue weighted by atomic mass is 16.5. The lowest BCUT2D eigenvalue weighted by Gasteiger charge is -2.15. The molecule has 7 nitrogen and oxygen atoms in total. The van der Waals surface area contributed by atoms with Gasteiger partial charge in [0.15, 0.2) is 11.5 Å². The average molecular weight is 369 g/mol. The SMILES string of the molecule is CCOc1ccccc1Oc1coc2cc(O[C@@H](C)C(=O)[O-])ccc2c1=O. The maximum Gasteiger partial charge on any atom is 0.235 e. The molecule has 0 unspecified atom stereocenters. The van der Waals surface area contributed by atoms with Crippen LogP contribution in [0.3, 0.4) is 0 Å². The van der Waals surface area contributed by atoms with Gasteiger partial charge in [0, 0.05) is 6.07 Å². The van der Waals surface area contributed by atoms with Crippen molar-refractivity contribution in [2.75, 3.05) is 6.61 Å². The zero-order valence-electron chi connectivity index (χ0n) is 14.8. The summed E-state index contributed by atoms with van der Waals surface area (Å²) >= 11 is 0. The van der Waals surface area contributed by atoms with E-state index in [1.54, 1.807) is 24.3 Å². The summed E-state index contributed by atoms with van der Waals surface area (Å²) in [7, 11) is 0. The summed E-state index contributed by atoms with van der Waals surface area (Å²) in [5, 5.41) is 11.1. The molecule has 0 fully saturated rings. The molecule has 0 N–H and O–H groups in total. The number of carboxylic acids is 1. The van der Waals surface area contributed by atoms with Crippen LogP contribution in [0.25, 0.3) is 11.0 Å². The van der Waals surface area contributed by atoms with Crippen molar-refractivity contribution >= 4 is 16.9 Å². The molecule has 1 aromatic heterocycles. The van der Waals surface area contributed by atoms with E-state index < -0.39 is 12.1 Å². The van der Waals surface area contributed by atoms with Gasteiger partial charge >= 0.3 is 0 Å². The standard InChI is InChI=1S/C20H18O7/c1-3-24-15-6-4-5-7-16(15)27-18-11-25-17-10-13(26-12(2)20(22)23)8-9-14(17)19(18)21/h4-12H,3H2,1-2H3,(H,22,23)/p-1/t12-/m0/s1. The molecule has 27 heavy (non-hydrogen) atoms. The monoisotopic (exact) mass is 369 g/mol. The van der Waals surface area contributed by atoms with Crippen LogP contribution in [0.5, 0.6) is 23.0 Å². The number of ether oxygens (including phenoxy) is 3. The highest BCUT2D eigenvalue weighted by Gasteiger charge is 2.13. The number of hydrogen-bond donors (Lipinski definition) is 0. The van der Waals surface area contributed by atoms with Crippen LogP contribution >= 0.6 is 0 Å². The minimum absolute atomic E-state index is 0.00595. The molecule has 0 bridgehead atoms. The topological polar surface area (TPSA) is 98.0 Å². The average Bonchev–Trinajstić information content (AvgIpc) is 2.65. The van der Waals surface area contributed by atoms with Crippen LogP contribution in [0.4, 0.5) is 0 Å². The molecule has 2 aromatic carbocycles. The van der Waals surface area contributed by atoms with E-state index in [1.807, 2.05) is 6.92 Å². The van der Waals surface area contributed by atoms with E-state index in [2.05, 4.69) is 0 Å². The Morgan fingerprint density at radius 3 is 2.59 bits per heavy atom. The van der Waals surface area contributed by atoms with E-state index in [0.29, 0.717) is 18.1 Å². The number of hydrogen-bond acceptors (Lipinski definition) is 7. The summed E-state index contributed by atoms with van der Waals surface area (Å²) in [5.74, 6) is -0.175. The smallest absolute Gasteiger partial charge is 0.235 e. The molecule has 3 rings (SSSR count). The minimum Gasteiger partial charge on any atom is -0.546 e. The van der Waals surface area contributed by atoms with Gasteiger partial charge in [0.2, 0.25) is 11.2 Å². The van der Waals surface area contributed by atoms with Gasteiger partial charge in [0.1, 0.15) is 23.7 Å². The number of rotatable bonds is 7. The highest BCUT2D eigenvalue weighted by Crippen LogP contribution is 2.31. The third-order valence-electron chi connectivity index (χ3n) is 3.73. The molecule has 140 valence electrons. The van der Waals surface area contributed by atoms with Crippen molar-refractivity contribution in [2.24, 2.45) is 0 Å². The van der Waals surface area contributed by atoms with Crippen LogP contribution < -0.4 is 24.7 Å². The van der Waals surface area contributed by atoms with Crippen LogP contribution in [-0.2, 0) is 4.79 Å². The van der Waals surface area contributed by atoms with Gasteiger partial charge < -0.3 is 28.5 Å². The van der Waals surface area contributed by atoms with Gasteiger partial charge in [-0.05, 0) is 38.1 Å². The predicted octanol–water partition coefficient (Wildman–Crippen LogP) is 2.50. The van der Waals surface area contributed by atoms with E-state index in [-0.39, 0.29) is 27.9 Å². The quantitative estimate of drug-likeness (QED) is 0.631. The first-order chi connectivity index (χ1) is 13.0. The fourth-order valence-electron chi connectivity index (χ4n) is 2.41. The number of carbonyl (C=O) groups is 1. The van der Waals surface area contributed by atoms with Gasteiger partial charge in [-0.3, -0.25) is 4.79 Å². The van der Waals surface area contributed by atoms with Crippen molar-refractivity contribution in [2.45, 2.75) is 20.0 Å². The molecule has 1 heterocycles. The number of carboxylic acid groups (broad SMARTS) is 1. The van der Waals surface area contributed by atoms with E-state index in [9.17, 15) is 14.7 Å². The fourth-order valence-corrected chi connectivity index (χ4v) is 2.41. The fraction of sp³-hybridized carbons (Fsp3) is 0.200. The zero-order chi connectivity index (χ0) is 19.4. The van der Waals surface area contributed by atoms with Gasteiger partial charge in [-0.25, -0.2) is 0 Å². The van der Waals surface area contributed by atoms with Crippen molar-refractivity contribution in [1.82, 2.24) is 0 Å². The van der Waals surface area contributed by atoms with Crippen LogP contribution in [0.2, 0.25) is 0 Å². The number of benzene rings is 2. The molecule has 0 radical (unpaired) electrons. The van der Waals surface area contributed by atoms with Crippen molar-refractivity contribution in [1.29, 1.82) is 0 Å². The molecular weight excluding hydrogens is 352 g/mol. The second-order valence-electron chi connectivity index (χ2n) is 5.65. The van der Waals surface area contributed by atoms with Crippen LogP contribution in [0.1, 0.15) is 13.8 Å². The lowest BCUT2D eigenvalue weighted by molar-refractivity contribution is -0.312. The predicted molar refractivity (Wildman–Crippen MR) is 95.3 cm³/mol. The largest absolute Gasteiger partial charge is 0.546 e. The molecule has 3 aromatic rings. The molecule has 0 amide bonds. The molecule has 1 atom stereocenters. The molecular formula is C20H17O7-. The summed E-state index contributed by atoms with van der Waals surface area (Å²) in [6, 6.07) is 11.4. The molecule has 0 aliphatic heterocycles. The van der Waals surface area contributed by atoms with Gasteiger partial charge in [0.05, 0.1) is 18.0 Å². The number of para-hydroxylation sites is 2. The Hall–Kier alpha value is -3.48. The first kappa shape index (κ1) is 18.3. The minimum atomic E-state index is -1.34. The van der Waals surface area contributed by atoms with E-state index >= 15 is 0 Å². The summed E-state index contributed by atoms with van der Waals surface area (Å²) in [6.45, 7) is 3.66. The maximum atomic E-state index is 12.7. The summed E-state index contributed by atoms with van der Waals surface area (Å²) in [5.41, 5.74) is -0.129. The van der Waals surface area contributed by atoms with Gasteiger partial charge in [-0.2, -0.15) is 0 Å². The molecule has 0 saturated heterocycles.